The number of carbonyl (C=O) groups is 2. The van der Waals surface area contributed by atoms with E-state index < -0.39 is 11.2 Å². The van der Waals surface area contributed by atoms with Crippen LogP contribution in [0.25, 0.3) is 0 Å². The Bertz CT molecular complexity index is 667. The first-order chi connectivity index (χ1) is 10.9. The highest BCUT2D eigenvalue weighted by Crippen LogP contribution is 2.61. The maximum Gasteiger partial charge on any atom is 0.240 e. The summed E-state index contributed by atoms with van der Waals surface area (Å²) in [5, 5.41) is 5.33. The molecule has 3 fully saturated rings. The molecule has 2 unspecified atom stereocenters. The van der Waals surface area contributed by atoms with Crippen LogP contribution < -0.4 is 5.14 Å². The molecule has 23 heavy (non-hydrogen) atoms. The lowest BCUT2D eigenvalue weighted by molar-refractivity contribution is -0.144. The summed E-state index contributed by atoms with van der Waals surface area (Å²) in [6, 6.07) is 0. The maximum absolute atomic E-state index is 12.9. The molecule has 0 spiro atoms. The Kier molecular flexibility index (Phi) is 3.14. The van der Waals surface area contributed by atoms with E-state index in [1.807, 2.05) is 19.9 Å². The lowest BCUT2D eigenvalue weighted by Crippen LogP contribution is -2.40. The van der Waals surface area contributed by atoms with Crippen LogP contribution in [0.1, 0.15) is 33.1 Å². The minimum absolute atomic E-state index is 0.129. The van der Waals surface area contributed by atoms with E-state index in [0.717, 1.165) is 30.7 Å². The van der Waals surface area contributed by atoms with Crippen molar-refractivity contribution in [2.75, 3.05) is 0 Å². The molecule has 1 aliphatic carbocycles. The first-order valence-corrected chi connectivity index (χ1v) is 8.62. The predicted molar refractivity (Wildman–Crippen MR) is 87.0 cm³/mol. The standard InChI is InChI=1S/C16H19N3O3S/c1-15-7-8-16(2,22-15)12-11(15)13(20)19(14(12)21)10-5-3-9(4-6-10)18-23-17/h3,5-6,11-12H,4,7-8,17H2,1-2H3/b18-9-/t11-,12+,15?,16?. The summed E-state index contributed by atoms with van der Waals surface area (Å²) in [4.78, 5) is 27.2. The Morgan fingerprint density at radius 1 is 1.22 bits per heavy atom. The van der Waals surface area contributed by atoms with Crippen LogP contribution in [0.4, 0.5) is 0 Å². The Labute approximate surface area is 139 Å². The van der Waals surface area contributed by atoms with Crippen LogP contribution in [0.5, 0.6) is 0 Å². The first kappa shape index (κ1) is 15.1. The average Bonchev–Trinajstić information content (AvgIpc) is 3.05. The second-order valence-electron chi connectivity index (χ2n) is 7.05. The van der Waals surface area contributed by atoms with Gasteiger partial charge in [0, 0.05) is 12.1 Å². The highest BCUT2D eigenvalue weighted by atomic mass is 32.2. The number of allylic oxidation sites excluding steroid dienone is 3. The lowest BCUT2D eigenvalue weighted by atomic mass is 9.69. The number of likely N-dealkylation sites (tertiary alicyclic amines) is 1. The zero-order valence-corrected chi connectivity index (χ0v) is 13.9. The molecule has 3 saturated heterocycles. The fourth-order valence-corrected chi connectivity index (χ4v) is 4.82. The number of hydrogen-bond acceptors (Lipinski definition) is 6. The number of ether oxygens (including phenoxy) is 1. The van der Waals surface area contributed by atoms with Crippen molar-refractivity contribution in [3.8, 4) is 0 Å². The minimum Gasteiger partial charge on any atom is -0.367 e. The molecule has 0 aromatic rings. The molecule has 122 valence electrons. The predicted octanol–water partition coefficient (Wildman–Crippen LogP) is 1.74. The molecule has 0 aromatic heterocycles. The van der Waals surface area contributed by atoms with Gasteiger partial charge in [-0.05, 0) is 38.8 Å². The van der Waals surface area contributed by atoms with E-state index in [4.69, 9.17) is 9.88 Å². The van der Waals surface area contributed by atoms with Gasteiger partial charge < -0.3 is 4.74 Å². The van der Waals surface area contributed by atoms with Crippen molar-refractivity contribution in [2.24, 2.45) is 21.4 Å². The van der Waals surface area contributed by atoms with E-state index in [1.54, 1.807) is 12.2 Å². The Morgan fingerprint density at radius 2 is 1.83 bits per heavy atom. The van der Waals surface area contributed by atoms with E-state index in [-0.39, 0.29) is 23.7 Å². The highest BCUT2D eigenvalue weighted by Gasteiger charge is 2.72. The summed E-state index contributed by atoms with van der Waals surface area (Å²) in [5.74, 6) is -0.985. The molecule has 4 atom stereocenters. The monoisotopic (exact) mass is 333 g/mol. The van der Waals surface area contributed by atoms with Gasteiger partial charge in [-0.15, -0.1) is 0 Å². The molecular formula is C16H19N3O3S. The summed E-state index contributed by atoms with van der Waals surface area (Å²) in [7, 11) is 0. The Morgan fingerprint density at radius 3 is 2.30 bits per heavy atom. The van der Waals surface area contributed by atoms with Crippen LogP contribution in [0.2, 0.25) is 0 Å². The van der Waals surface area contributed by atoms with Crippen molar-refractivity contribution in [2.45, 2.75) is 44.3 Å². The van der Waals surface area contributed by atoms with E-state index >= 15 is 0 Å². The van der Waals surface area contributed by atoms with Crippen LogP contribution in [0.15, 0.2) is 28.3 Å². The molecule has 2 N–H and O–H groups in total. The van der Waals surface area contributed by atoms with Gasteiger partial charge in [-0.2, -0.15) is 0 Å². The third kappa shape index (κ3) is 1.93. The number of fused-ring (bicyclic) bond motifs is 5. The molecule has 0 radical (unpaired) electrons. The Hall–Kier alpha value is -1.44. The van der Waals surface area contributed by atoms with Gasteiger partial charge in [-0.1, -0.05) is 6.08 Å². The first-order valence-electron chi connectivity index (χ1n) is 7.79. The summed E-state index contributed by atoms with van der Waals surface area (Å²) in [5.41, 5.74) is 0.440. The van der Waals surface area contributed by atoms with Crippen molar-refractivity contribution in [3.63, 3.8) is 0 Å². The zero-order chi connectivity index (χ0) is 16.4. The van der Waals surface area contributed by atoms with Gasteiger partial charge in [0.1, 0.15) is 0 Å². The molecule has 2 amide bonds. The molecular weight excluding hydrogens is 314 g/mol. The summed E-state index contributed by atoms with van der Waals surface area (Å²) < 4.78 is 10.2. The molecule has 0 saturated carbocycles. The topological polar surface area (TPSA) is 85.0 Å². The molecule has 2 bridgehead atoms. The summed E-state index contributed by atoms with van der Waals surface area (Å²) in [6.07, 6.45) is 7.65. The quantitative estimate of drug-likeness (QED) is 0.614. The maximum atomic E-state index is 12.9. The Balaban J connectivity index is 1.66. The summed E-state index contributed by atoms with van der Waals surface area (Å²) >= 11 is 0.907. The number of nitrogens with zero attached hydrogens (tertiary/aromatic N) is 2. The van der Waals surface area contributed by atoms with Gasteiger partial charge in [-0.25, -0.2) is 4.40 Å². The van der Waals surface area contributed by atoms with Gasteiger partial charge in [0.05, 0.1) is 40.9 Å². The van der Waals surface area contributed by atoms with Crippen LogP contribution in [-0.2, 0) is 14.3 Å². The number of imide groups is 1. The molecule has 4 rings (SSSR count). The highest BCUT2D eigenvalue weighted by molar-refractivity contribution is 7.95. The number of carbonyl (C=O) groups excluding carboxylic acids is 2. The van der Waals surface area contributed by atoms with Crippen molar-refractivity contribution in [1.29, 1.82) is 0 Å². The van der Waals surface area contributed by atoms with Crippen molar-refractivity contribution < 1.29 is 14.3 Å². The molecule has 4 aliphatic rings. The van der Waals surface area contributed by atoms with Crippen molar-refractivity contribution >= 4 is 29.7 Å². The number of hydrogen-bond donors (Lipinski definition) is 1. The van der Waals surface area contributed by atoms with Crippen LogP contribution in [0.3, 0.4) is 0 Å². The van der Waals surface area contributed by atoms with Crippen LogP contribution >= 0.6 is 12.1 Å². The smallest absolute Gasteiger partial charge is 0.240 e. The van der Waals surface area contributed by atoms with Gasteiger partial charge in [0.2, 0.25) is 11.8 Å². The van der Waals surface area contributed by atoms with E-state index in [2.05, 4.69) is 4.40 Å². The van der Waals surface area contributed by atoms with Crippen molar-refractivity contribution in [3.05, 3.63) is 23.9 Å². The molecule has 7 heteroatoms. The fourth-order valence-electron chi connectivity index (χ4n) is 4.55. The van der Waals surface area contributed by atoms with Crippen LogP contribution in [-0.4, -0.2) is 33.6 Å². The SMILES string of the molecule is CC12CCC(C)(O1)[C@H]1C(=O)N(C3=CC/C(=N\SN)C=C3)C(=O)[C@H]12. The van der Waals surface area contributed by atoms with E-state index in [1.165, 1.54) is 4.90 Å². The minimum atomic E-state index is -0.511. The zero-order valence-electron chi connectivity index (χ0n) is 13.1. The van der Waals surface area contributed by atoms with Gasteiger partial charge >= 0.3 is 0 Å². The second-order valence-corrected chi connectivity index (χ2v) is 7.44. The van der Waals surface area contributed by atoms with Crippen LogP contribution in [0, 0.1) is 11.8 Å². The molecule has 6 nitrogen and oxygen atoms in total. The number of amides is 2. The second kappa shape index (κ2) is 4.78. The summed E-state index contributed by atoms with van der Waals surface area (Å²) in [6.45, 7) is 3.93. The van der Waals surface area contributed by atoms with Gasteiger partial charge in [0.25, 0.3) is 0 Å². The van der Waals surface area contributed by atoms with Gasteiger partial charge in [-0.3, -0.25) is 19.6 Å². The number of nitrogens with two attached hydrogens (primary N) is 1. The van der Waals surface area contributed by atoms with Gasteiger partial charge in [0.15, 0.2) is 0 Å². The average molecular weight is 333 g/mol. The third-order valence-electron chi connectivity index (χ3n) is 5.60. The third-order valence-corrected chi connectivity index (χ3v) is 5.94. The fraction of sp³-hybridized carbons (Fsp3) is 0.562. The van der Waals surface area contributed by atoms with Crippen molar-refractivity contribution in [1.82, 2.24) is 4.90 Å². The molecule has 0 aromatic carbocycles. The normalized spacial score (nSPS) is 43.5. The number of rotatable bonds is 2. The largest absolute Gasteiger partial charge is 0.367 e. The van der Waals surface area contributed by atoms with E-state index in [0.29, 0.717) is 12.1 Å². The molecule has 3 aliphatic heterocycles. The lowest BCUT2D eigenvalue weighted by Gasteiger charge is -2.27. The van der Waals surface area contributed by atoms with E-state index in [9.17, 15) is 9.59 Å². The molecule has 3 heterocycles.